The van der Waals surface area contributed by atoms with E-state index < -0.39 is 11.7 Å². The molecule has 2 amide bonds. The summed E-state index contributed by atoms with van der Waals surface area (Å²) in [4.78, 5) is 33.5. The monoisotopic (exact) mass is 483 g/mol. The van der Waals surface area contributed by atoms with Crippen LogP contribution < -0.4 is 10.2 Å². The van der Waals surface area contributed by atoms with Crippen molar-refractivity contribution in [2.75, 3.05) is 44.3 Å². The second kappa shape index (κ2) is 9.25. The largest absolute Gasteiger partial charge is 0.437 e. The second-order valence-electron chi connectivity index (χ2n) is 8.73. The minimum absolute atomic E-state index is 0.122. The lowest BCUT2D eigenvalue weighted by Gasteiger charge is -2.29. The van der Waals surface area contributed by atoms with E-state index >= 15 is 0 Å². The number of halogens is 1. The summed E-state index contributed by atoms with van der Waals surface area (Å²) in [6.45, 7) is 2.55. The second-order valence-corrected chi connectivity index (χ2v) is 9.17. The molecule has 2 aliphatic rings. The molecule has 0 bridgehead atoms. The van der Waals surface area contributed by atoms with E-state index in [0.717, 1.165) is 16.9 Å². The van der Waals surface area contributed by atoms with Gasteiger partial charge in [-0.1, -0.05) is 23.7 Å². The van der Waals surface area contributed by atoms with Crippen LogP contribution in [-0.2, 0) is 27.9 Å². The predicted molar refractivity (Wildman–Crippen MR) is 128 cm³/mol. The molecule has 5 rings (SSSR count). The number of para-hydroxylation sites is 2. The summed E-state index contributed by atoms with van der Waals surface area (Å²) in [5.41, 5.74) is 1.79. The van der Waals surface area contributed by atoms with Gasteiger partial charge in [0.05, 0.1) is 43.9 Å². The zero-order chi connectivity index (χ0) is 23.7. The highest BCUT2D eigenvalue weighted by Gasteiger charge is 2.48. The maximum absolute atomic E-state index is 12.7. The lowest BCUT2D eigenvalue weighted by atomic mass is 10.0. The molecule has 178 valence electrons. The van der Waals surface area contributed by atoms with Crippen LogP contribution in [-0.4, -0.2) is 71.4 Å². The highest BCUT2D eigenvalue weighted by Crippen LogP contribution is 2.31. The van der Waals surface area contributed by atoms with Crippen LogP contribution in [0.1, 0.15) is 5.82 Å². The zero-order valence-corrected chi connectivity index (χ0v) is 19.6. The number of hydrogen-bond acceptors (Lipinski definition) is 6. The minimum atomic E-state index is -0.842. The van der Waals surface area contributed by atoms with Crippen molar-refractivity contribution in [2.24, 2.45) is 7.05 Å². The van der Waals surface area contributed by atoms with Crippen molar-refractivity contribution in [2.45, 2.75) is 12.1 Å². The Labute approximate surface area is 202 Å². The van der Waals surface area contributed by atoms with Crippen LogP contribution in [0.2, 0.25) is 5.02 Å². The average Bonchev–Trinajstić information content (AvgIpc) is 3.24. The van der Waals surface area contributed by atoms with Crippen molar-refractivity contribution in [3.05, 3.63) is 59.4 Å². The number of imidazole rings is 1. The maximum atomic E-state index is 12.7. The van der Waals surface area contributed by atoms with Gasteiger partial charge in [0, 0.05) is 30.8 Å². The molecule has 0 saturated carbocycles. The summed E-state index contributed by atoms with van der Waals surface area (Å²) < 4.78 is 13.5. The number of nitrogens with zero attached hydrogens (tertiary/aromatic N) is 4. The molecule has 1 spiro atoms. The van der Waals surface area contributed by atoms with Crippen molar-refractivity contribution in [3.63, 3.8) is 0 Å². The molecule has 1 atom stereocenters. The first kappa shape index (κ1) is 22.6. The Hall–Kier alpha value is -3.14. The Morgan fingerprint density at radius 3 is 2.76 bits per heavy atom. The van der Waals surface area contributed by atoms with Crippen molar-refractivity contribution in [1.29, 1.82) is 0 Å². The van der Waals surface area contributed by atoms with E-state index in [1.165, 1.54) is 0 Å². The summed E-state index contributed by atoms with van der Waals surface area (Å²) >= 11 is 5.98. The van der Waals surface area contributed by atoms with Gasteiger partial charge in [-0.15, -0.1) is 0 Å². The number of aryl methyl sites for hydroxylation is 1. The van der Waals surface area contributed by atoms with Crippen LogP contribution in [0, 0.1) is 0 Å². The van der Waals surface area contributed by atoms with Crippen molar-refractivity contribution in [1.82, 2.24) is 19.8 Å². The van der Waals surface area contributed by atoms with E-state index in [-0.39, 0.29) is 19.1 Å². The van der Waals surface area contributed by atoms with E-state index in [1.54, 1.807) is 29.2 Å². The summed E-state index contributed by atoms with van der Waals surface area (Å²) in [6.07, 6.45) is -0.431. The minimum Gasteiger partial charge on any atom is -0.437 e. The van der Waals surface area contributed by atoms with Gasteiger partial charge in [-0.2, -0.15) is 0 Å². The molecule has 0 unspecified atom stereocenters. The highest BCUT2D eigenvalue weighted by atomic mass is 35.5. The lowest BCUT2D eigenvalue weighted by Crippen LogP contribution is -2.49. The summed E-state index contributed by atoms with van der Waals surface area (Å²) in [7, 11) is 1.94. The highest BCUT2D eigenvalue weighted by molar-refractivity contribution is 6.30. The first-order chi connectivity index (χ1) is 16.4. The van der Waals surface area contributed by atoms with Crippen LogP contribution in [0.25, 0.3) is 11.0 Å². The fourth-order valence-corrected chi connectivity index (χ4v) is 4.64. The Balaban J connectivity index is 1.22. The first-order valence-corrected chi connectivity index (χ1v) is 11.5. The van der Waals surface area contributed by atoms with Crippen LogP contribution in [0.3, 0.4) is 0 Å². The number of carbonyl (C=O) groups is 2. The van der Waals surface area contributed by atoms with Crippen molar-refractivity contribution >= 4 is 40.3 Å². The third-order valence-corrected chi connectivity index (χ3v) is 6.48. The molecule has 2 fully saturated rings. The molecule has 1 N–H and O–H groups in total. The fraction of sp³-hybridized carbons (Fsp3) is 0.375. The van der Waals surface area contributed by atoms with Gasteiger partial charge in [0.15, 0.2) is 5.60 Å². The van der Waals surface area contributed by atoms with Gasteiger partial charge in [0.25, 0.3) is 0 Å². The maximum Gasteiger partial charge on any atom is 0.415 e. The zero-order valence-electron chi connectivity index (χ0n) is 18.9. The number of hydrogen-bond donors (Lipinski definition) is 1. The molecule has 34 heavy (non-hydrogen) atoms. The van der Waals surface area contributed by atoms with Crippen molar-refractivity contribution in [3.8, 4) is 0 Å². The quantitative estimate of drug-likeness (QED) is 0.600. The van der Waals surface area contributed by atoms with Gasteiger partial charge in [-0.05, 0) is 36.4 Å². The number of anilines is 1. The van der Waals surface area contributed by atoms with E-state index in [4.69, 9.17) is 21.1 Å². The molecule has 0 aliphatic carbocycles. The molecule has 10 heteroatoms. The number of nitrogens with one attached hydrogen (secondary N) is 1. The molecule has 3 heterocycles. The number of carbonyl (C=O) groups excluding carboxylic acids is 2. The number of benzene rings is 2. The molecule has 0 radical (unpaired) electrons. The van der Waals surface area contributed by atoms with E-state index in [0.29, 0.717) is 43.5 Å². The van der Waals surface area contributed by atoms with Crippen LogP contribution in [0.15, 0.2) is 48.5 Å². The Morgan fingerprint density at radius 2 is 1.97 bits per heavy atom. The molecule has 9 nitrogen and oxygen atoms in total. The van der Waals surface area contributed by atoms with Gasteiger partial charge in [-0.3, -0.25) is 14.6 Å². The Bertz CT molecular complexity index is 1210. The summed E-state index contributed by atoms with van der Waals surface area (Å²) in [5, 5.41) is 3.56. The molecule has 2 saturated heterocycles. The third kappa shape index (κ3) is 4.59. The topological polar surface area (TPSA) is 88.9 Å². The number of rotatable bonds is 5. The van der Waals surface area contributed by atoms with Crippen molar-refractivity contribution < 1.29 is 19.1 Å². The van der Waals surface area contributed by atoms with E-state index in [9.17, 15) is 9.59 Å². The van der Waals surface area contributed by atoms with Crippen LogP contribution in [0.4, 0.5) is 10.5 Å². The van der Waals surface area contributed by atoms with E-state index in [2.05, 4.69) is 10.3 Å². The van der Waals surface area contributed by atoms with Gasteiger partial charge in [-0.25, -0.2) is 9.78 Å². The summed E-state index contributed by atoms with van der Waals surface area (Å²) in [5.74, 6) is 0.663. The van der Waals surface area contributed by atoms with E-state index in [1.807, 2.05) is 40.8 Å². The molecular weight excluding hydrogens is 458 g/mol. The third-order valence-electron chi connectivity index (χ3n) is 6.23. The molecule has 2 aliphatic heterocycles. The predicted octanol–water partition coefficient (Wildman–Crippen LogP) is 2.57. The number of amides is 2. The fourth-order valence-electron chi connectivity index (χ4n) is 4.51. The van der Waals surface area contributed by atoms with Gasteiger partial charge in [0.1, 0.15) is 5.82 Å². The molecule has 2 aromatic carbocycles. The first-order valence-electron chi connectivity index (χ1n) is 11.2. The van der Waals surface area contributed by atoms with Crippen LogP contribution >= 0.6 is 11.6 Å². The Kier molecular flexibility index (Phi) is 6.16. The Morgan fingerprint density at radius 1 is 1.18 bits per heavy atom. The van der Waals surface area contributed by atoms with Gasteiger partial charge < -0.3 is 19.4 Å². The molecule has 3 aromatic rings. The standard InChI is InChI=1S/C24H26ClN5O4/c1-28-20-5-3-2-4-19(20)27-21(28)12-26-22(31)13-29-10-11-33-16-24(14-29)15-30(23(32)34-24)18-8-6-17(25)7-9-18/h2-9H,10-16H2,1H3,(H,26,31)/t24-/m0/s1. The number of fused-ring (bicyclic) bond motifs is 1. The van der Waals surface area contributed by atoms with Gasteiger partial charge >= 0.3 is 6.09 Å². The van der Waals surface area contributed by atoms with Crippen LogP contribution in [0.5, 0.6) is 0 Å². The SMILES string of the molecule is Cn1c(CNC(=O)CN2CCOC[C@]3(C2)CN(c2ccc(Cl)cc2)C(=O)O3)nc2ccccc21. The summed E-state index contributed by atoms with van der Waals surface area (Å²) in [6, 6.07) is 14.9. The smallest absolute Gasteiger partial charge is 0.415 e. The molecular formula is C24H26ClN5O4. The lowest BCUT2D eigenvalue weighted by molar-refractivity contribution is -0.122. The number of aromatic nitrogens is 2. The number of ether oxygens (including phenoxy) is 2. The van der Waals surface area contributed by atoms with Gasteiger partial charge in [0.2, 0.25) is 5.91 Å². The average molecular weight is 484 g/mol. The molecule has 1 aromatic heterocycles. The normalized spacial score (nSPS) is 21.1.